The van der Waals surface area contributed by atoms with Gasteiger partial charge in [0.1, 0.15) is 0 Å². The van der Waals surface area contributed by atoms with Crippen molar-refractivity contribution in [1.82, 2.24) is 4.98 Å². The number of carbonyl (C=O) groups is 1. The van der Waals surface area contributed by atoms with Gasteiger partial charge in [0, 0.05) is 25.1 Å². The van der Waals surface area contributed by atoms with Crippen molar-refractivity contribution in [2.24, 2.45) is 0 Å². The fraction of sp³-hybridized carbons (Fsp3) is 0.0769. The van der Waals surface area contributed by atoms with E-state index in [1.807, 2.05) is 6.07 Å². The highest BCUT2D eigenvalue weighted by Crippen LogP contribution is 2.10. The van der Waals surface area contributed by atoms with Gasteiger partial charge in [-0.3, -0.25) is 9.88 Å². The number of aromatic nitrogens is 1. The van der Waals surface area contributed by atoms with E-state index in [1.54, 1.807) is 48.8 Å². The van der Waals surface area contributed by atoms with Crippen molar-refractivity contribution in [1.29, 1.82) is 0 Å². The smallest absolute Gasteiger partial charge is 0.411 e. The molecule has 1 aromatic carbocycles. The Balaban J connectivity index is 0.000000199. The second-order valence-electron chi connectivity index (χ2n) is 3.46. The summed E-state index contributed by atoms with van der Waals surface area (Å²) < 4.78 is 0. The molecule has 0 fully saturated rings. The molecule has 0 atom stereocenters. The van der Waals surface area contributed by atoms with E-state index in [1.165, 1.54) is 11.9 Å². The number of pyridine rings is 1. The highest BCUT2D eigenvalue weighted by atomic mass is 16.4. The van der Waals surface area contributed by atoms with Gasteiger partial charge < -0.3 is 10.8 Å². The molecule has 94 valence electrons. The standard InChI is InChI=1S/C8H9NO2.C5H6N2/c1-9(8(10)11)7-5-3-2-4-6-7;6-5-2-1-3-7-4-5/h2-6H,1H3,(H,10,11);1-4H,6H2. The average molecular weight is 245 g/mol. The number of amides is 1. The van der Waals surface area contributed by atoms with Crippen LogP contribution in [0.15, 0.2) is 54.9 Å². The third kappa shape index (κ3) is 4.52. The molecule has 2 rings (SSSR count). The van der Waals surface area contributed by atoms with Crippen LogP contribution in [0, 0.1) is 0 Å². The first-order chi connectivity index (χ1) is 8.61. The largest absolute Gasteiger partial charge is 0.465 e. The number of carboxylic acid groups (broad SMARTS) is 1. The molecule has 0 spiro atoms. The summed E-state index contributed by atoms with van der Waals surface area (Å²) in [6, 6.07) is 12.5. The minimum atomic E-state index is -0.948. The van der Waals surface area contributed by atoms with Gasteiger partial charge in [0.2, 0.25) is 0 Å². The molecule has 0 aliphatic carbocycles. The Bertz CT molecular complexity index is 474. The Morgan fingerprint density at radius 2 is 1.89 bits per heavy atom. The van der Waals surface area contributed by atoms with Crippen molar-refractivity contribution >= 4 is 17.5 Å². The molecule has 0 radical (unpaired) electrons. The van der Waals surface area contributed by atoms with Gasteiger partial charge in [-0.15, -0.1) is 0 Å². The van der Waals surface area contributed by atoms with Crippen molar-refractivity contribution in [2.75, 3.05) is 17.7 Å². The van der Waals surface area contributed by atoms with E-state index in [0.717, 1.165) is 0 Å². The highest BCUT2D eigenvalue weighted by molar-refractivity contribution is 5.85. The molecule has 1 heterocycles. The Labute approximate surface area is 105 Å². The van der Waals surface area contributed by atoms with Crippen LogP contribution in [0.5, 0.6) is 0 Å². The number of hydrogen-bond acceptors (Lipinski definition) is 3. The van der Waals surface area contributed by atoms with Gasteiger partial charge in [-0.2, -0.15) is 0 Å². The lowest BCUT2D eigenvalue weighted by Crippen LogP contribution is -2.23. The van der Waals surface area contributed by atoms with Crippen LogP contribution in [0.2, 0.25) is 0 Å². The van der Waals surface area contributed by atoms with Crippen molar-refractivity contribution in [2.45, 2.75) is 0 Å². The Kier molecular flexibility index (Phi) is 5.18. The number of hydrogen-bond donors (Lipinski definition) is 2. The Morgan fingerprint density at radius 1 is 1.22 bits per heavy atom. The average Bonchev–Trinajstić information content (AvgIpc) is 2.40. The molecule has 18 heavy (non-hydrogen) atoms. The van der Waals surface area contributed by atoms with Crippen LogP contribution in [-0.2, 0) is 0 Å². The summed E-state index contributed by atoms with van der Waals surface area (Å²) in [6.45, 7) is 0. The Hall–Kier alpha value is -2.56. The second kappa shape index (κ2) is 6.90. The number of nitrogens with zero attached hydrogens (tertiary/aromatic N) is 2. The number of rotatable bonds is 1. The monoisotopic (exact) mass is 245 g/mol. The van der Waals surface area contributed by atoms with Crippen molar-refractivity contribution in [3.05, 3.63) is 54.9 Å². The molecule has 3 N–H and O–H groups in total. The van der Waals surface area contributed by atoms with E-state index in [2.05, 4.69) is 4.98 Å². The van der Waals surface area contributed by atoms with E-state index in [0.29, 0.717) is 11.4 Å². The molecule has 1 aromatic heterocycles. The molecule has 5 nitrogen and oxygen atoms in total. The first-order valence-corrected chi connectivity index (χ1v) is 5.28. The van der Waals surface area contributed by atoms with Gasteiger partial charge in [-0.1, -0.05) is 18.2 Å². The van der Waals surface area contributed by atoms with E-state index in [4.69, 9.17) is 10.8 Å². The summed E-state index contributed by atoms with van der Waals surface area (Å²) >= 11 is 0. The van der Waals surface area contributed by atoms with Gasteiger partial charge in [0.15, 0.2) is 0 Å². The van der Waals surface area contributed by atoms with Gasteiger partial charge in [0.05, 0.1) is 5.69 Å². The number of nitrogens with two attached hydrogens (primary N) is 1. The van der Waals surface area contributed by atoms with E-state index in [-0.39, 0.29) is 0 Å². The quantitative estimate of drug-likeness (QED) is 0.808. The SMILES string of the molecule is CN(C(=O)O)c1ccccc1.Nc1cccnc1. The first kappa shape index (κ1) is 13.5. The Morgan fingerprint density at radius 3 is 2.28 bits per heavy atom. The molecule has 5 heteroatoms. The lowest BCUT2D eigenvalue weighted by atomic mass is 10.3. The van der Waals surface area contributed by atoms with Gasteiger partial charge in [0.25, 0.3) is 0 Å². The summed E-state index contributed by atoms with van der Waals surface area (Å²) in [5, 5.41) is 8.56. The molecular weight excluding hydrogens is 230 g/mol. The molecule has 0 aliphatic rings. The van der Waals surface area contributed by atoms with E-state index >= 15 is 0 Å². The predicted octanol–water partition coefficient (Wildman–Crippen LogP) is 2.46. The van der Waals surface area contributed by atoms with Crippen molar-refractivity contribution in [3.8, 4) is 0 Å². The zero-order valence-electron chi connectivity index (χ0n) is 10.0. The molecule has 1 amide bonds. The van der Waals surface area contributed by atoms with E-state index < -0.39 is 6.09 Å². The molecule has 0 saturated heterocycles. The van der Waals surface area contributed by atoms with Crippen molar-refractivity contribution in [3.63, 3.8) is 0 Å². The summed E-state index contributed by atoms with van der Waals surface area (Å²) in [7, 11) is 1.51. The van der Waals surface area contributed by atoms with Gasteiger partial charge in [-0.05, 0) is 24.3 Å². The van der Waals surface area contributed by atoms with Crippen LogP contribution in [0.3, 0.4) is 0 Å². The van der Waals surface area contributed by atoms with Crippen LogP contribution in [0.25, 0.3) is 0 Å². The van der Waals surface area contributed by atoms with E-state index in [9.17, 15) is 4.79 Å². The summed E-state index contributed by atoms with van der Waals surface area (Å²) in [5.41, 5.74) is 6.69. The zero-order chi connectivity index (χ0) is 13.4. The number of para-hydroxylation sites is 1. The molecule has 0 bridgehead atoms. The summed E-state index contributed by atoms with van der Waals surface area (Å²) in [5.74, 6) is 0. The number of benzene rings is 1. The molecule has 0 unspecified atom stereocenters. The maximum Gasteiger partial charge on any atom is 0.411 e. The third-order valence-corrected chi connectivity index (χ3v) is 2.11. The molecule has 2 aromatic rings. The third-order valence-electron chi connectivity index (χ3n) is 2.11. The maximum atomic E-state index is 10.4. The second-order valence-corrected chi connectivity index (χ2v) is 3.46. The molecular formula is C13H15N3O2. The minimum absolute atomic E-state index is 0.681. The fourth-order valence-corrected chi connectivity index (χ4v) is 1.14. The van der Waals surface area contributed by atoms with Crippen LogP contribution >= 0.6 is 0 Å². The lowest BCUT2D eigenvalue weighted by molar-refractivity contribution is 0.203. The maximum absolute atomic E-state index is 10.4. The lowest BCUT2D eigenvalue weighted by Gasteiger charge is -2.11. The van der Waals surface area contributed by atoms with Crippen LogP contribution in [0.4, 0.5) is 16.2 Å². The number of nitrogen functional groups attached to an aromatic ring is 1. The van der Waals surface area contributed by atoms with Gasteiger partial charge in [-0.25, -0.2) is 4.79 Å². The van der Waals surface area contributed by atoms with Crippen molar-refractivity contribution < 1.29 is 9.90 Å². The first-order valence-electron chi connectivity index (χ1n) is 5.28. The summed E-state index contributed by atoms with van der Waals surface area (Å²) in [6.07, 6.45) is 2.35. The highest BCUT2D eigenvalue weighted by Gasteiger charge is 2.05. The van der Waals surface area contributed by atoms with Crippen LogP contribution in [0.1, 0.15) is 0 Å². The minimum Gasteiger partial charge on any atom is -0.465 e. The predicted molar refractivity (Wildman–Crippen MR) is 71.5 cm³/mol. The molecule has 0 saturated carbocycles. The zero-order valence-corrected chi connectivity index (χ0v) is 10.0. The topological polar surface area (TPSA) is 79.5 Å². The van der Waals surface area contributed by atoms with Gasteiger partial charge >= 0.3 is 6.09 Å². The normalized spacial score (nSPS) is 8.94. The fourth-order valence-electron chi connectivity index (χ4n) is 1.14. The number of anilines is 2. The summed E-state index contributed by atoms with van der Waals surface area (Å²) in [4.78, 5) is 15.4. The van der Waals surface area contributed by atoms with Crippen LogP contribution < -0.4 is 10.6 Å². The molecule has 0 aliphatic heterocycles. The van der Waals surface area contributed by atoms with Crippen LogP contribution in [-0.4, -0.2) is 23.2 Å².